The summed E-state index contributed by atoms with van der Waals surface area (Å²) in [6.07, 6.45) is 0. The van der Waals surface area contributed by atoms with Gasteiger partial charge in [0.15, 0.2) is 0 Å². The summed E-state index contributed by atoms with van der Waals surface area (Å²) in [5.74, 6) is 3.32. The van der Waals surface area contributed by atoms with Gasteiger partial charge in [-0.15, -0.1) is 0 Å². The Hall–Kier alpha value is -2.57. The largest absolute Gasteiger partial charge is 1.00 e. The van der Waals surface area contributed by atoms with Gasteiger partial charge < -0.3 is 30.9 Å². The maximum atomic E-state index is 6.08. The van der Waals surface area contributed by atoms with Crippen molar-refractivity contribution in [1.82, 2.24) is 0 Å². The molecule has 0 saturated carbocycles. The minimum atomic E-state index is 0. The molecule has 0 aliphatic rings. The lowest BCUT2D eigenvalue weighted by Crippen LogP contribution is -3.00. The van der Waals surface area contributed by atoms with Crippen molar-refractivity contribution < 1.29 is 35.9 Å². The van der Waals surface area contributed by atoms with E-state index < -0.39 is 0 Å². The van der Waals surface area contributed by atoms with Gasteiger partial charge >= 0.3 is 0 Å². The van der Waals surface area contributed by atoms with Crippen molar-refractivity contribution in [1.29, 1.82) is 0 Å². The molecule has 0 atom stereocenters. The van der Waals surface area contributed by atoms with Crippen molar-refractivity contribution >= 4 is 32.4 Å². The van der Waals surface area contributed by atoms with E-state index in [1.54, 1.807) is 7.11 Å². The fourth-order valence-electron chi connectivity index (χ4n) is 3.79. The number of aryl methyl sites for hydroxylation is 2. The van der Waals surface area contributed by atoms with Crippen LogP contribution in [0.15, 0.2) is 69.6 Å². The predicted molar refractivity (Wildman–Crippen MR) is 127 cm³/mol. The first kappa shape index (κ1) is 24.1. The summed E-state index contributed by atoms with van der Waals surface area (Å²) in [5.41, 5.74) is 3.11. The van der Waals surface area contributed by atoms with Crippen LogP contribution in [0, 0.1) is 13.8 Å². The SMILES string of the molecule is CCOc1cc(-c2ccc(OC)cc2)cc(=[NH+]c2ccc(Br)cc2)c2c(C)oc(C)c12.[Br-]. The minimum absolute atomic E-state index is 0. The smallest absolute Gasteiger partial charge is 0.216 e. The van der Waals surface area contributed by atoms with E-state index in [-0.39, 0.29) is 17.0 Å². The van der Waals surface area contributed by atoms with E-state index >= 15 is 0 Å². The van der Waals surface area contributed by atoms with E-state index in [1.807, 2.05) is 57.2 Å². The molecule has 0 saturated heterocycles. The van der Waals surface area contributed by atoms with Crippen LogP contribution in [-0.4, -0.2) is 13.7 Å². The molecule has 4 aromatic rings. The van der Waals surface area contributed by atoms with Gasteiger partial charge in [0, 0.05) is 22.7 Å². The van der Waals surface area contributed by atoms with Gasteiger partial charge in [0.1, 0.15) is 23.0 Å². The third-order valence-electron chi connectivity index (χ3n) is 5.21. The fourth-order valence-corrected chi connectivity index (χ4v) is 4.06. The molecule has 1 heterocycles. The highest BCUT2D eigenvalue weighted by molar-refractivity contribution is 9.10. The molecule has 32 heavy (non-hydrogen) atoms. The highest BCUT2D eigenvalue weighted by Crippen LogP contribution is 2.33. The minimum Gasteiger partial charge on any atom is -1.00 e. The lowest BCUT2D eigenvalue weighted by atomic mass is 10.1. The van der Waals surface area contributed by atoms with Crippen molar-refractivity contribution in [2.75, 3.05) is 13.7 Å². The number of rotatable bonds is 5. The van der Waals surface area contributed by atoms with Gasteiger partial charge in [-0.3, -0.25) is 0 Å². The Labute approximate surface area is 206 Å². The van der Waals surface area contributed by atoms with Crippen LogP contribution in [0.5, 0.6) is 11.5 Å². The van der Waals surface area contributed by atoms with Crippen molar-refractivity contribution in [2.45, 2.75) is 20.8 Å². The van der Waals surface area contributed by atoms with Gasteiger partial charge in [-0.05, 0) is 62.2 Å². The highest BCUT2D eigenvalue weighted by Gasteiger charge is 2.18. The molecule has 4 nitrogen and oxygen atoms in total. The zero-order valence-electron chi connectivity index (χ0n) is 18.5. The molecular weight excluding hydrogens is 534 g/mol. The Morgan fingerprint density at radius 1 is 0.875 bits per heavy atom. The predicted octanol–water partition coefficient (Wildman–Crippen LogP) is 2.20. The molecule has 0 aliphatic carbocycles. The topological polar surface area (TPSA) is 45.6 Å². The summed E-state index contributed by atoms with van der Waals surface area (Å²) in [7, 11) is 1.67. The van der Waals surface area contributed by atoms with Gasteiger partial charge in [-0.2, -0.15) is 0 Å². The average Bonchev–Trinajstić information content (AvgIpc) is 2.97. The third-order valence-corrected chi connectivity index (χ3v) is 5.74. The molecule has 0 aliphatic heterocycles. The molecule has 1 N–H and O–H groups in total. The van der Waals surface area contributed by atoms with Crippen molar-refractivity contribution in [2.24, 2.45) is 0 Å². The van der Waals surface area contributed by atoms with Crippen molar-refractivity contribution in [3.05, 3.63) is 82.0 Å². The quantitative estimate of drug-likeness (QED) is 0.408. The van der Waals surface area contributed by atoms with Crippen molar-refractivity contribution in [3.63, 3.8) is 0 Å². The Kier molecular flexibility index (Phi) is 7.80. The fraction of sp³-hybridized carbons (Fsp3) is 0.192. The average molecular weight is 559 g/mol. The second-order valence-electron chi connectivity index (χ2n) is 7.28. The van der Waals surface area contributed by atoms with E-state index in [4.69, 9.17) is 13.9 Å². The highest BCUT2D eigenvalue weighted by atomic mass is 79.9. The third kappa shape index (κ3) is 4.92. The van der Waals surface area contributed by atoms with E-state index in [0.717, 1.165) is 60.4 Å². The van der Waals surface area contributed by atoms with Crippen LogP contribution >= 0.6 is 15.9 Å². The number of benzene rings is 2. The van der Waals surface area contributed by atoms with E-state index in [2.05, 4.69) is 45.2 Å². The van der Waals surface area contributed by atoms with Gasteiger partial charge in [-0.25, -0.2) is 4.99 Å². The van der Waals surface area contributed by atoms with E-state index in [1.165, 1.54) is 0 Å². The summed E-state index contributed by atoms with van der Waals surface area (Å²) in [6, 6.07) is 20.4. The standard InChI is InChI=1S/C26H24BrNO3.BrH/c1-5-30-24-15-19(18-6-12-22(29-4)13-7-18)14-23(25-16(2)31-17(3)26(24)25)28-21-10-8-20(27)9-11-21;/h6-15H,5H2,1-4H3;1H. The first-order valence-corrected chi connectivity index (χ1v) is 11.0. The van der Waals surface area contributed by atoms with Gasteiger partial charge in [0.05, 0.1) is 24.5 Å². The van der Waals surface area contributed by atoms with Crippen LogP contribution in [-0.2, 0) is 0 Å². The van der Waals surface area contributed by atoms with Crippen LogP contribution in [0.4, 0.5) is 5.69 Å². The lowest BCUT2D eigenvalue weighted by Gasteiger charge is -2.05. The van der Waals surface area contributed by atoms with Crippen LogP contribution in [0.1, 0.15) is 18.4 Å². The first-order valence-electron chi connectivity index (χ1n) is 10.2. The Morgan fingerprint density at radius 3 is 2.16 bits per heavy atom. The number of hydrogen-bond donors (Lipinski definition) is 1. The number of halogens is 2. The molecule has 0 radical (unpaired) electrons. The Balaban J connectivity index is 0.00000289. The maximum absolute atomic E-state index is 6.08. The van der Waals surface area contributed by atoms with Crippen LogP contribution in [0.2, 0.25) is 0 Å². The molecule has 0 amide bonds. The summed E-state index contributed by atoms with van der Waals surface area (Å²) in [5, 5.41) is 2.96. The molecule has 3 aromatic carbocycles. The lowest BCUT2D eigenvalue weighted by molar-refractivity contribution is -0.400. The molecule has 166 valence electrons. The summed E-state index contributed by atoms with van der Waals surface area (Å²) in [6.45, 7) is 6.54. The normalized spacial score (nSPS) is 11.3. The number of furan rings is 1. The zero-order valence-corrected chi connectivity index (χ0v) is 21.6. The Bertz CT molecular complexity index is 1290. The Morgan fingerprint density at radius 2 is 1.53 bits per heavy atom. The molecular formula is C26H25Br2NO3. The monoisotopic (exact) mass is 557 g/mol. The van der Waals surface area contributed by atoms with E-state index in [9.17, 15) is 0 Å². The number of hydrogen-bond acceptors (Lipinski definition) is 3. The molecule has 0 unspecified atom stereocenters. The first-order chi connectivity index (χ1) is 15.0. The maximum Gasteiger partial charge on any atom is 0.216 e. The van der Waals surface area contributed by atoms with Gasteiger partial charge in [0.25, 0.3) is 0 Å². The molecule has 0 spiro atoms. The number of nitrogens with one attached hydrogen (secondary N) is 1. The zero-order chi connectivity index (χ0) is 22.0. The van der Waals surface area contributed by atoms with Crippen molar-refractivity contribution in [3.8, 4) is 22.6 Å². The molecule has 1 aromatic heterocycles. The van der Waals surface area contributed by atoms with E-state index in [0.29, 0.717) is 6.61 Å². The molecule has 6 heteroatoms. The number of ether oxygens (including phenoxy) is 2. The second kappa shape index (κ2) is 10.4. The second-order valence-corrected chi connectivity index (χ2v) is 8.20. The van der Waals surface area contributed by atoms with Crippen LogP contribution < -0.4 is 36.8 Å². The molecule has 4 rings (SSSR count). The van der Waals surface area contributed by atoms with Gasteiger partial charge in [-0.1, -0.05) is 28.1 Å². The summed E-state index contributed by atoms with van der Waals surface area (Å²) < 4.78 is 18.5. The molecule has 0 bridgehead atoms. The summed E-state index contributed by atoms with van der Waals surface area (Å²) in [4.78, 5) is 3.59. The van der Waals surface area contributed by atoms with Gasteiger partial charge in [0.2, 0.25) is 11.0 Å². The molecule has 0 fully saturated rings. The summed E-state index contributed by atoms with van der Waals surface area (Å²) >= 11 is 3.50. The number of fused-ring (bicyclic) bond motifs is 1. The number of methoxy groups -OCH3 is 1. The van der Waals surface area contributed by atoms with Crippen LogP contribution in [0.25, 0.3) is 21.9 Å². The van der Waals surface area contributed by atoms with Crippen LogP contribution in [0.3, 0.4) is 0 Å².